The van der Waals surface area contributed by atoms with Crippen LogP contribution in [0.5, 0.6) is 5.75 Å². The number of amides is 1. The number of aromatic nitrogens is 1. The molecule has 1 unspecified atom stereocenters. The lowest BCUT2D eigenvalue weighted by atomic mass is 10.1. The minimum absolute atomic E-state index is 0.0528. The Morgan fingerprint density at radius 1 is 1.09 bits per heavy atom. The van der Waals surface area contributed by atoms with Crippen molar-refractivity contribution in [2.24, 2.45) is 0 Å². The molecule has 168 valence electrons. The molecule has 1 atom stereocenters. The molecule has 32 heavy (non-hydrogen) atoms. The molecule has 0 fully saturated rings. The van der Waals surface area contributed by atoms with Gasteiger partial charge in [-0.3, -0.25) is 15.0 Å². The van der Waals surface area contributed by atoms with Crippen LogP contribution in [0.15, 0.2) is 71.9 Å². The van der Waals surface area contributed by atoms with E-state index < -0.39 is 21.1 Å². The van der Waals surface area contributed by atoms with Crippen molar-refractivity contribution in [1.82, 2.24) is 10.5 Å². The molecule has 0 saturated heterocycles. The number of sulfone groups is 1. The summed E-state index contributed by atoms with van der Waals surface area (Å²) in [6, 6.07) is 14.0. The number of pyridine rings is 1. The summed E-state index contributed by atoms with van der Waals surface area (Å²) in [7, 11) is -1.03. The van der Waals surface area contributed by atoms with Crippen LogP contribution in [-0.4, -0.2) is 38.7 Å². The SMILES string of the molecule is COCc1cccc(C(=O)NO)c1NC(c1cccnc1)S(=O)(=O)c1ccc(OC)cc1. The summed E-state index contributed by atoms with van der Waals surface area (Å²) in [5, 5.41) is 10.9. The van der Waals surface area contributed by atoms with E-state index in [-0.39, 0.29) is 22.8 Å². The molecule has 1 aromatic heterocycles. The summed E-state index contributed by atoms with van der Waals surface area (Å²) in [5.41, 5.74) is 2.76. The number of hydrogen-bond donors (Lipinski definition) is 3. The summed E-state index contributed by atoms with van der Waals surface area (Å²) < 4.78 is 37.6. The number of nitrogens with zero attached hydrogens (tertiary/aromatic N) is 1. The molecule has 0 bridgehead atoms. The molecule has 3 N–H and O–H groups in total. The normalized spacial score (nSPS) is 12.1. The van der Waals surface area contributed by atoms with E-state index in [1.54, 1.807) is 41.9 Å². The van der Waals surface area contributed by atoms with E-state index in [0.717, 1.165) is 0 Å². The highest BCUT2D eigenvalue weighted by atomic mass is 32.2. The first-order chi connectivity index (χ1) is 15.4. The van der Waals surface area contributed by atoms with Crippen LogP contribution >= 0.6 is 0 Å². The molecule has 3 aromatic rings. The fourth-order valence-corrected chi connectivity index (χ4v) is 4.76. The number of benzene rings is 2. The Kier molecular flexibility index (Phi) is 7.41. The Labute approximate surface area is 185 Å². The Balaban J connectivity index is 2.16. The summed E-state index contributed by atoms with van der Waals surface area (Å²) >= 11 is 0. The second-order valence-electron chi connectivity index (χ2n) is 6.74. The van der Waals surface area contributed by atoms with Crippen LogP contribution in [0, 0.1) is 0 Å². The van der Waals surface area contributed by atoms with Crippen molar-refractivity contribution in [3.05, 3.63) is 83.7 Å². The minimum Gasteiger partial charge on any atom is -0.497 e. The number of rotatable bonds is 9. The summed E-state index contributed by atoms with van der Waals surface area (Å²) in [6.07, 6.45) is 2.97. The van der Waals surface area contributed by atoms with Crippen molar-refractivity contribution < 1.29 is 27.9 Å². The van der Waals surface area contributed by atoms with E-state index >= 15 is 0 Å². The minimum atomic E-state index is -4.00. The Hall–Kier alpha value is -3.47. The lowest BCUT2D eigenvalue weighted by molar-refractivity contribution is 0.0707. The second kappa shape index (κ2) is 10.2. The summed E-state index contributed by atoms with van der Waals surface area (Å²) in [4.78, 5) is 16.4. The number of nitrogens with one attached hydrogen (secondary N) is 2. The van der Waals surface area contributed by atoms with Crippen molar-refractivity contribution in [2.75, 3.05) is 19.5 Å². The van der Waals surface area contributed by atoms with Crippen LogP contribution in [0.4, 0.5) is 5.69 Å². The van der Waals surface area contributed by atoms with Gasteiger partial charge in [-0.25, -0.2) is 13.9 Å². The van der Waals surface area contributed by atoms with Gasteiger partial charge in [0.1, 0.15) is 5.75 Å². The first kappa shape index (κ1) is 23.2. The third-order valence-electron chi connectivity index (χ3n) is 4.76. The number of ether oxygens (including phenoxy) is 2. The third-order valence-corrected chi connectivity index (χ3v) is 6.70. The zero-order valence-corrected chi connectivity index (χ0v) is 18.3. The number of hydroxylamine groups is 1. The predicted octanol–water partition coefficient (Wildman–Crippen LogP) is 2.94. The van der Waals surface area contributed by atoms with Gasteiger partial charge in [0.25, 0.3) is 5.91 Å². The van der Waals surface area contributed by atoms with Crippen molar-refractivity contribution in [2.45, 2.75) is 16.9 Å². The number of hydrogen-bond acceptors (Lipinski definition) is 8. The van der Waals surface area contributed by atoms with Crippen molar-refractivity contribution in [3.8, 4) is 5.75 Å². The van der Waals surface area contributed by atoms with E-state index in [2.05, 4.69) is 10.3 Å². The van der Waals surface area contributed by atoms with Crippen LogP contribution in [0.1, 0.15) is 26.9 Å². The molecule has 0 spiro atoms. The van der Waals surface area contributed by atoms with Gasteiger partial charge in [0.2, 0.25) is 9.84 Å². The van der Waals surface area contributed by atoms with Gasteiger partial charge in [-0.05, 0) is 36.4 Å². The number of methoxy groups -OCH3 is 2. The third kappa shape index (κ3) is 4.88. The summed E-state index contributed by atoms with van der Waals surface area (Å²) in [6.45, 7) is 0.108. The predicted molar refractivity (Wildman–Crippen MR) is 117 cm³/mol. The lowest BCUT2D eigenvalue weighted by Crippen LogP contribution is -2.26. The first-order valence-corrected chi connectivity index (χ1v) is 11.1. The monoisotopic (exact) mass is 457 g/mol. The Morgan fingerprint density at radius 2 is 1.84 bits per heavy atom. The van der Waals surface area contributed by atoms with Crippen LogP contribution in [0.3, 0.4) is 0 Å². The molecule has 1 amide bonds. The van der Waals surface area contributed by atoms with Gasteiger partial charge in [-0.2, -0.15) is 0 Å². The van der Waals surface area contributed by atoms with Crippen LogP contribution in [0.2, 0.25) is 0 Å². The van der Waals surface area contributed by atoms with Gasteiger partial charge in [0.05, 0.1) is 29.9 Å². The quantitative estimate of drug-likeness (QED) is 0.331. The zero-order valence-electron chi connectivity index (χ0n) is 17.5. The van der Waals surface area contributed by atoms with Crippen LogP contribution in [0.25, 0.3) is 0 Å². The van der Waals surface area contributed by atoms with Crippen molar-refractivity contribution >= 4 is 21.4 Å². The van der Waals surface area contributed by atoms with Gasteiger partial charge < -0.3 is 14.8 Å². The van der Waals surface area contributed by atoms with Gasteiger partial charge in [-0.15, -0.1) is 0 Å². The zero-order chi connectivity index (χ0) is 23.1. The van der Waals surface area contributed by atoms with Crippen molar-refractivity contribution in [3.63, 3.8) is 0 Å². The number of para-hydroxylation sites is 1. The van der Waals surface area contributed by atoms with Gasteiger partial charge in [-0.1, -0.05) is 18.2 Å². The van der Waals surface area contributed by atoms with Gasteiger partial charge in [0.15, 0.2) is 5.37 Å². The maximum absolute atomic E-state index is 13.6. The molecule has 0 aliphatic rings. The van der Waals surface area contributed by atoms with Crippen LogP contribution < -0.4 is 15.5 Å². The van der Waals surface area contributed by atoms with E-state index in [0.29, 0.717) is 16.9 Å². The van der Waals surface area contributed by atoms with E-state index in [4.69, 9.17) is 9.47 Å². The van der Waals surface area contributed by atoms with Crippen molar-refractivity contribution in [1.29, 1.82) is 0 Å². The molecular weight excluding hydrogens is 434 g/mol. The molecule has 1 heterocycles. The molecule has 2 aromatic carbocycles. The molecule has 0 saturated carbocycles. The molecule has 0 aliphatic carbocycles. The van der Waals surface area contributed by atoms with E-state index in [9.17, 15) is 18.4 Å². The highest BCUT2D eigenvalue weighted by molar-refractivity contribution is 7.91. The molecule has 3 rings (SSSR count). The fourth-order valence-electron chi connectivity index (χ4n) is 3.20. The Morgan fingerprint density at radius 3 is 2.44 bits per heavy atom. The van der Waals surface area contributed by atoms with Crippen LogP contribution in [-0.2, 0) is 21.2 Å². The van der Waals surface area contributed by atoms with E-state index in [1.165, 1.54) is 44.8 Å². The molecule has 9 nitrogen and oxygen atoms in total. The average molecular weight is 458 g/mol. The largest absolute Gasteiger partial charge is 0.497 e. The molecule has 0 radical (unpaired) electrons. The van der Waals surface area contributed by atoms with Gasteiger partial charge in [0, 0.05) is 30.6 Å². The molecule has 0 aliphatic heterocycles. The maximum Gasteiger partial charge on any atom is 0.276 e. The maximum atomic E-state index is 13.6. The first-order valence-electron chi connectivity index (χ1n) is 9.52. The number of anilines is 1. The number of carbonyl (C=O) groups is 1. The highest BCUT2D eigenvalue weighted by Gasteiger charge is 2.31. The van der Waals surface area contributed by atoms with Gasteiger partial charge >= 0.3 is 0 Å². The number of carbonyl (C=O) groups excluding carboxylic acids is 1. The smallest absolute Gasteiger partial charge is 0.276 e. The molecular formula is C22H23N3O6S. The van der Waals surface area contributed by atoms with E-state index in [1.807, 2.05) is 0 Å². The lowest BCUT2D eigenvalue weighted by Gasteiger charge is -2.24. The topological polar surface area (TPSA) is 127 Å². The Bertz CT molecular complexity index is 1170. The highest BCUT2D eigenvalue weighted by Crippen LogP contribution is 2.34. The molecule has 10 heteroatoms. The fraction of sp³-hybridized carbons (Fsp3) is 0.182. The second-order valence-corrected chi connectivity index (χ2v) is 8.78. The summed E-state index contributed by atoms with van der Waals surface area (Å²) in [5.74, 6) is -0.278. The average Bonchev–Trinajstić information content (AvgIpc) is 2.83. The standard InChI is InChI=1S/C22H23N3O6S/c1-30-14-16-5-3-7-19(21(26)25-27)20(16)24-22(15-6-4-12-23-13-15)32(28,29)18-10-8-17(31-2)9-11-18/h3-13,22,24,27H,14H2,1-2H3,(H,25,26).